The molecule has 0 spiro atoms. The Morgan fingerprint density at radius 3 is 2.52 bits per heavy atom. The molecule has 0 saturated heterocycles. The first-order valence-electron chi connectivity index (χ1n) is 6.98. The van der Waals surface area contributed by atoms with Crippen molar-refractivity contribution in [2.45, 2.75) is 19.4 Å². The molecule has 0 amide bonds. The van der Waals surface area contributed by atoms with Crippen molar-refractivity contribution in [3.63, 3.8) is 0 Å². The van der Waals surface area contributed by atoms with Crippen molar-refractivity contribution >= 4 is 15.9 Å². The largest absolute Gasteiger partial charge is 0.494 e. The lowest BCUT2D eigenvalue weighted by Gasteiger charge is -2.18. The molecule has 2 rings (SSSR count). The second-order valence-electron chi connectivity index (χ2n) is 4.76. The van der Waals surface area contributed by atoms with Crippen LogP contribution in [0.1, 0.15) is 24.1 Å². The summed E-state index contributed by atoms with van der Waals surface area (Å²) >= 11 is 3.32. The van der Waals surface area contributed by atoms with Crippen molar-refractivity contribution < 1.29 is 9.13 Å². The Balaban J connectivity index is 2.17. The third-order valence-corrected chi connectivity index (χ3v) is 4.29. The van der Waals surface area contributed by atoms with Crippen LogP contribution in [0.25, 0.3) is 0 Å². The van der Waals surface area contributed by atoms with Gasteiger partial charge >= 0.3 is 0 Å². The lowest BCUT2D eigenvalue weighted by atomic mass is 9.99. The van der Waals surface area contributed by atoms with Gasteiger partial charge in [-0.15, -0.1) is 0 Å². The van der Waals surface area contributed by atoms with Gasteiger partial charge in [-0.05, 0) is 65.6 Å². The molecule has 0 heterocycles. The number of ether oxygens (including phenoxy) is 1. The molecule has 0 bridgehead atoms. The second kappa shape index (κ2) is 7.57. The van der Waals surface area contributed by atoms with E-state index in [1.165, 1.54) is 6.07 Å². The van der Waals surface area contributed by atoms with Crippen molar-refractivity contribution in [2.24, 2.45) is 0 Å². The first-order chi connectivity index (χ1) is 10.2. The highest BCUT2D eigenvalue weighted by atomic mass is 79.9. The van der Waals surface area contributed by atoms with Crippen LogP contribution < -0.4 is 10.1 Å². The summed E-state index contributed by atoms with van der Waals surface area (Å²) in [5.41, 5.74) is 2.10. The van der Waals surface area contributed by atoms with E-state index in [1.807, 2.05) is 44.3 Å². The summed E-state index contributed by atoms with van der Waals surface area (Å²) in [6.07, 6.45) is 0.711. The predicted molar refractivity (Wildman–Crippen MR) is 87.2 cm³/mol. The lowest BCUT2D eigenvalue weighted by molar-refractivity contribution is 0.340. The molecule has 0 aliphatic carbocycles. The third kappa shape index (κ3) is 4.05. The Labute approximate surface area is 133 Å². The zero-order chi connectivity index (χ0) is 15.2. The lowest BCUT2D eigenvalue weighted by Crippen LogP contribution is -2.19. The highest BCUT2D eigenvalue weighted by Crippen LogP contribution is 2.26. The van der Waals surface area contributed by atoms with E-state index in [4.69, 9.17) is 4.74 Å². The zero-order valence-electron chi connectivity index (χ0n) is 12.2. The normalized spacial score (nSPS) is 12.2. The molecule has 0 aromatic heterocycles. The average molecular weight is 352 g/mol. The van der Waals surface area contributed by atoms with Crippen molar-refractivity contribution in [3.05, 3.63) is 63.9 Å². The minimum atomic E-state index is -0.228. The molecular weight excluding hydrogens is 333 g/mol. The van der Waals surface area contributed by atoms with Gasteiger partial charge in [0.2, 0.25) is 0 Å². The highest BCUT2D eigenvalue weighted by Gasteiger charge is 2.13. The maximum absolute atomic E-state index is 13.6. The Morgan fingerprint density at radius 2 is 1.90 bits per heavy atom. The molecule has 0 fully saturated rings. The Bertz CT molecular complexity index is 586. The molecule has 2 aromatic rings. The maximum atomic E-state index is 13.6. The minimum Gasteiger partial charge on any atom is -0.494 e. The summed E-state index contributed by atoms with van der Waals surface area (Å²) in [5.74, 6) is 0.636. The average Bonchev–Trinajstić information content (AvgIpc) is 2.50. The van der Waals surface area contributed by atoms with Crippen molar-refractivity contribution in [1.29, 1.82) is 0 Å². The summed E-state index contributed by atoms with van der Waals surface area (Å²) in [7, 11) is 1.91. The maximum Gasteiger partial charge on any atom is 0.137 e. The van der Waals surface area contributed by atoms with E-state index in [0.717, 1.165) is 16.9 Å². The predicted octanol–water partition coefficient (Wildman–Crippen LogP) is 4.49. The van der Waals surface area contributed by atoms with Gasteiger partial charge in [0.15, 0.2) is 0 Å². The van der Waals surface area contributed by atoms with Crippen molar-refractivity contribution in [1.82, 2.24) is 5.32 Å². The Hall–Kier alpha value is -1.39. The first-order valence-corrected chi connectivity index (χ1v) is 7.78. The van der Waals surface area contributed by atoms with Crippen LogP contribution in [0.3, 0.4) is 0 Å². The summed E-state index contributed by atoms with van der Waals surface area (Å²) in [4.78, 5) is 0. The second-order valence-corrected chi connectivity index (χ2v) is 5.55. The van der Waals surface area contributed by atoms with Crippen molar-refractivity contribution in [3.8, 4) is 5.75 Å². The van der Waals surface area contributed by atoms with Gasteiger partial charge in [0, 0.05) is 6.04 Å². The number of halogens is 2. The van der Waals surface area contributed by atoms with E-state index in [0.29, 0.717) is 17.5 Å². The van der Waals surface area contributed by atoms with Crippen LogP contribution in [0, 0.1) is 5.82 Å². The van der Waals surface area contributed by atoms with Gasteiger partial charge < -0.3 is 10.1 Å². The van der Waals surface area contributed by atoms with Gasteiger partial charge in [0.25, 0.3) is 0 Å². The van der Waals surface area contributed by atoms with E-state index in [1.54, 1.807) is 6.07 Å². The van der Waals surface area contributed by atoms with E-state index >= 15 is 0 Å². The fourth-order valence-electron chi connectivity index (χ4n) is 2.28. The standard InChI is InChI=1S/C17H19BrFNO/c1-3-21-14-9-7-12(8-10-14)16(20-2)11-13-5-4-6-15(19)17(13)18/h4-10,16,20H,3,11H2,1-2H3. The zero-order valence-corrected chi connectivity index (χ0v) is 13.8. The SMILES string of the molecule is CCOc1ccc(C(Cc2cccc(F)c2Br)NC)cc1. The van der Waals surface area contributed by atoms with Crippen LogP contribution in [0.5, 0.6) is 5.75 Å². The Kier molecular flexibility index (Phi) is 5.76. The van der Waals surface area contributed by atoms with Crippen LogP contribution >= 0.6 is 15.9 Å². The molecule has 21 heavy (non-hydrogen) atoms. The highest BCUT2D eigenvalue weighted by molar-refractivity contribution is 9.10. The number of hydrogen-bond donors (Lipinski definition) is 1. The molecule has 1 N–H and O–H groups in total. The van der Waals surface area contributed by atoms with Crippen LogP contribution in [0.4, 0.5) is 4.39 Å². The molecular formula is C17H19BrFNO. The van der Waals surface area contributed by atoms with E-state index in [9.17, 15) is 4.39 Å². The fraction of sp³-hybridized carbons (Fsp3) is 0.294. The van der Waals surface area contributed by atoms with Crippen LogP contribution in [0.2, 0.25) is 0 Å². The van der Waals surface area contributed by atoms with Gasteiger partial charge in [-0.25, -0.2) is 4.39 Å². The smallest absolute Gasteiger partial charge is 0.137 e. The summed E-state index contributed by atoms with van der Waals surface area (Å²) < 4.78 is 19.6. The number of benzene rings is 2. The van der Waals surface area contributed by atoms with Gasteiger partial charge in [0.05, 0.1) is 11.1 Å². The molecule has 112 valence electrons. The van der Waals surface area contributed by atoms with Gasteiger partial charge in [-0.1, -0.05) is 24.3 Å². The number of likely N-dealkylation sites (N-methyl/N-ethyl adjacent to an activating group) is 1. The molecule has 4 heteroatoms. The number of nitrogens with one attached hydrogen (secondary N) is 1. The fourth-order valence-corrected chi connectivity index (χ4v) is 2.70. The van der Waals surface area contributed by atoms with E-state index in [-0.39, 0.29) is 11.9 Å². The summed E-state index contributed by atoms with van der Waals surface area (Å²) in [6.45, 7) is 2.62. The third-order valence-electron chi connectivity index (χ3n) is 3.40. The van der Waals surface area contributed by atoms with Crippen LogP contribution in [-0.2, 0) is 6.42 Å². The number of rotatable bonds is 6. The molecule has 1 atom stereocenters. The molecule has 0 aliphatic rings. The summed E-state index contributed by atoms with van der Waals surface area (Å²) in [5, 5.41) is 3.28. The number of hydrogen-bond acceptors (Lipinski definition) is 2. The molecule has 2 nitrogen and oxygen atoms in total. The molecule has 0 aliphatic heterocycles. The molecule has 0 saturated carbocycles. The molecule has 1 unspecified atom stereocenters. The quantitative estimate of drug-likeness (QED) is 0.827. The van der Waals surface area contributed by atoms with Crippen molar-refractivity contribution in [2.75, 3.05) is 13.7 Å². The van der Waals surface area contributed by atoms with E-state index < -0.39 is 0 Å². The van der Waals surface area contributed by atoms with Gasteiger partial charge in [-0.3, -0.25) is 0 Å². The van der Waals surface area contributed by atoms with Gasteiger partial charge in [-0.2, -0.15) is 0 Å². The monoisotopic (exact) mass is 351 g/mol. The Morgan fingerprint density at radius 1 is 1.19 bits per heavy atom. The first kappa shape index (κ1) is 16.0. The van der Waals surface area contributed by atoms with E-state index in [2.05, 4.69) is 21.2 Å². The molecule has 2 aromatic carbocycles. The van der Waals surface area contributed by atoms with Crippen LogP contribution in [0.15, 0.2) is 46.9 Å². The minimum absolute atomic E-state index is 0.124. The van der Waals surface area contributed by atoms with Gasteiger partial charge in [0.1, 0.15) is 11.6 Å². The van der Waals surface area contributed by atoms with Crippen LogP contribution in [-0.4, -0.2) is 13.7 Å². The summed E-state index contributed by atoms with van der Waals surface area (Å²) in [6, 6.07) is 13.3. The molecule has 0 radical (unpaired) electrons. The topological polar surface area (TPSA) is 21.3 Å².